The van der Waals surface area contributed by atoms with E-state index < -0.39 is 10.0 Å². The topological polar surface area (TPSA) is 117 Å². The Morgan fingerprint density at radius 2 is 2.20 bits per heavy atom. The lowest BCUT2D eigenvalue weighted by molar-refractivity contribution is 0.595. The molecule has 2 aromatic rings. The van der Waals surface area contributed by atoms with E-state index in [4.69, 9.17) is 5.14 Å². The maximum absolute atomic E-state index is 11.2. The van der Waals surface area contributed by atoms with Gasteiger partial charge in [-0.25, -0.2) is 18.5 Å². The van der Waals surface area contributed by atoms with E-state index in [1.165, 1.54) is 24.7 Å². The van der Waals surface area contributed by atoms with Gasteiger partial charge < -0.3 is 0 Å². The van der Waals surface area contributed by atoms with Gasteiger partial charge in [-0.2, -0.15) is 4.68 Å². The molecule has 0 fully saturated rings. The lowest BCUT2D eigenvalue weighted by Gasteiger charge is -2.03. The molecule has 2 aromatic heterocycles. The second-order valence-electron chi connectivity index (χ2n) is 2.62. The summed E-state index contributed by atoms with van der Waals surface area (Å²) < 4.78 is 23.5. The fourth-order valence-corrected chi connectivity index (χ4v) is 1.70. The molecular weight excluding hydrogens is 220 g/mol. The Balaban J connectivity index is 2.68. The quantitative estimate of drug-likeness (QED) is 0.680. The smallest absolute Gasteiger partial charge is 0.236 e. The summed E-state index contributed by atoms with van der Waals surface area (Å²) in [5, 5.41) is 15.3. The molecule has 9 heteroatoms. The van der Waals surface area contributed by atoms with Crippen molar-refractivity contribution in [3.8, 4) is 5.82 Å². The number of hydrogen-bond donors (Lipinski definition) is 1. The monoisotopic (exact) mass is 226 g/mol. The maximum atomic E-state index is 11.2. The average molecular weight is 226 g/mol. The zero-order chi connectivity index (χ0) is 10.9. The maximum Gasteiger partial charge on any atom is 0.241 e. The summed E-state index contributed by atoms with van der Waals surface area (Å²) in [5.74, 6) is 0.0741. The largest absolute Gasteiger partial charge is 0.241 e. The highest BCUT2D eigenvalue weighted by Gasteiger charge is 2.16. The summed E-state index contributed by atoms with van der Waals surface area (Å²) in [6, 6.07) is 2.80. The van der Waals surface area contributed by atoms with Gasteiger partial charge in [-0.1, -0.05) is 0 Å². The molecule has 2 rings (SSSR count). The van der Waals surface area contributed by atoms with Crippen LogP contribution in [0.25, 0.3) is 5.82 Å². The van der Waals surface area contributed by atoms with E-state index in [0.717, 1.165) is 4.68 Å². The van der Waals surface area contributed by atoms with E-state index in [2.05, 4.69) is 20.5 Å². The Morgan fingerprint density at radius 3 is 2.80 bits per heavy atom. The highest BCUT2D eigenvalue weighted by Crippen LogP contribution is 2.13. The Bertz CT molecular complexity index is 563. The van der Waals surface area contributed by atoms with Crippen molar-refractivity contribution in [2.24, 2.45) is 5.14 Å². The molecule has 0 saturated carbocycles. The van der Waals surface area contributed by atoms with E-state index >= 15 is 0 Å². The van der Waals surface area contributed by atoms with Gasteiger partial charge in [0.15, 0.2) is 5.82 Å². The van der Waals surface area contributed by atoms with Crippen molar-refractivity contribution in [2.45, 2.75) is 4.90 Å². The molecule has 0 spiro atoms. The summed E-state index contributed by atoms with van der Waals surface area (Å²) >= 11 is 0. The second-order valence-corrected chi connectivity index (χ2v) is 4.15. The van der Waals surface area contributed by atoms with Gasteiger partial charge in [0.1, 0.15) is 11.2 Å². The first-order valence-electron chi connectivity index (χ1n) is 3.80. The third-order valence-corrected chi connectivity index (χ3v) is 2.56. The third kappa shape index (κ3) is 1.82. The molecule has 0 unspecified atom stereocenters. The standard InChI is InChI=1S/C6H6N6O2S/c7-15(13,14)5-2-1-3-8-6(5)12-4-9-10-11-12/h1-4H,(H2,7,13,14). The van der Waals surface area contributed by atoms with E-state index in [-0.39, 0.29) is 10.7 Å². The first-order chi connectivity index (χ1) is 7.09. The Morgan fingerprint density at radius 1 is 1.40 bits per heavy atom. The van der Waals surface area contributed by atoms with Crippen LogP contribution in [0, 0.1) is 0 Å². The van der Waals surface area contributed by atoms with Crippen LogP contribution in [0.15, 0.2) is 29.6 Å². The average Bonchev–Trinajstić information content (AvgIpc) is 2.69. The minimum Gasteiger partial charge on any atom is -0.236 e. The molecule has 0 amide bonds. The predicted molar refractivity (Wildman–Crippen MR) is 48.3 cm³/mol. The summed E-state index contributed by atoms with van der Waals surface area (Å²) in [6.07, 6.45) is 2.66. The van der Waals surface area contributed by atoms with Gasteiger partial charge in [-0.05, 0) is 22.6 Å². The number of nitrogens with zero attached hydrogens (tertiary/aromatic N) is 5. The van der Waals surface area contributed by atoms with E-state index in [1.807, 2.05) is 0 Å². The molecule has 15 heavy (non-hydrogen) atoms. The van der Waals surface area contributed by atoms with Crippen LogP contribution >= 0.6 is 0 Å². The first kappa shape index (κ1) is 9.68. The number of aromatic nitrogens is 5. The number of pyridine rings is 1. The number of primary sulfonamides is 1. The number of hydrogen-bond acceptors (Lipinski definition) is 6. The lowest BCUT2D eigenvalue weighted by Crippen LogP contribution is -2.16. The Labute approximate surface area is 84.8 Å². The minimum absolute atomic E-state index is 0.0741. The van der Waals surface area contributed by atoms with Crippen molar-refractivity contribution in [3.63, 3.8) is 0 Å². The highest BCUT2D eigenvalue weighted by atomic mass is 32.2. The number of rotatable bonds is 2. The minimum atomic E-state index is -3.84. The Kier molecular flexibility index (Phi) is 2.17. The molecule has 0 aliphatic rings. The molecule has 78 valence electrons. The summed E-state index contributed by atoms with van der Waals surface area (Å²) in [4.78, 5) is 3.72. The van der Waals surface area contributed by atoms with Gasteiger partial charge in [-0.3, -0.25) is 0 Å². The van der Waals surface area contributed by atoms with Crippen LogP contribution in [0.1, 0.15) is 0 Å². The van der Waals surface area contributed by atoms with Crippen LogP contribution in [0.4, 0.5) is 0 Å². The summed E-state index contributed by atoms with van der Waals surface area (Å²) in [6.45, 7) is 0. The van der Waals surface area contributed by atoms with Gasteiger partial charge in [0.2, 0.25) is 10.0 Å². The molecule has 0 radical (unpaired) electrons. The van der Waals surface area contributed by atoms with Crippen LogP contribution in [-0.2, 0) is 10.0 Å². The molecule has 0 bridgehead atoms. The van der Waals surface area contributed by atoms with E-state index in [0.29, 0.717) is 0 Å². The number of sulfonamides is 1. The van der Waals surface area contributed by atoms with Crippen molar-refractivity contribution in [1.29, 1.82) is 0 Å². The van der Waals surface area contributed by atoms with E-state index in [1.54, 1.807) is 0 Å². The zero-order valence-corrected chi connectivity index (χ0v) is 8.16. The fourth-order valence-electron chi connectivity index (χ4n) is 1.03. The molecule has 2 heterocycles. The van der Waals surface area contributed by atoms with Gasteiger partial charge in [0, 0.05) is 6.20 Å². The van der Waals surface area contributed by atoms with Crippen LogP contribution in [0.3, 0.4) is 0 Å². The second kappa shape index (κ2) is 3.37. The highest BCUT2D eigenvalue weighted by molar-refractivity contribution is 7.89. The summed E-state index contributed by atoms with van der Waals surface area (Å²) in [5.41, 5.74) is 0. The molecule has 0 aliphatic carbocycles. The molecule has 2 N–H and O–H groups in total. The molecule has 8 nitrogen and oxygen atoms in total. The Hall–Kier alpha value is -1.87. The molecule has 0 atom stereocenters. The van der Waals surface area contributed by atoms with Crippen molar-refractivity contribution in [3.05, 3.63) is 24.7 Å². The van der Waals surface area contributed by atoms with Gasteiger partial charge in [0.25, 0.3) is 0 Å². The zero-order valence-electron chi connectivity index (χ0n) is 7.35. The van der Waals surface area contributed by atoms with Gasteiger partial charge in [-0.15, -0.1) is 5.10 Å². The fraction of sp³-hybridized carbons (Fsp3) is 0. The molecular formula is C6H6N6O2S. The van der Waals surface area contributed by atoms with Crippen LogP contribution in [-0.4, -0.2) is 33.6 Å². The van der Waals surface area contributed by atoms with Crippen molar-refractivity contribution >= 4 is 10.0 Å². The molecule has 0 aliphatic heterocycles. The lowest BCUT2D eigenvalue weighted by atomic mass is 10.5. The van der Waals surface area contributed by atoms with Crippen LogP contribution < -0.4 is 5.14 Å². The van der Waals surface area contributed by atoms with Gasteiger partial charge in [0.05, 0.1) is 0 Å². The SMILES string of the molecule is NS(=O)(=O)c1cccnc1-n1cnnn1. The van der Waals surface area contributed by atoms with Gasteiger partial charge >= 0.3 is 0 Å². The first-order valence-corrected chi connectivity index (χ1v) is 5.35. The van der Waals surface area contributed by atoms with Crippen molar-refractivity contribution in [1.82, 2.24) is 25.2 Å². The predicted octanol–water partition coefficient (Wildman–Crippen LogP) is -1.30. The normalized spacial score (nSPS) is 11.5. The summed E-state index contributed by atoms with van der Waals surface area (Å²) in [7, 11) is -3.84. The van der Waals surface area contributed by atoms with Crippen molar-refractivity contribution in [2.75, 3.05) is 0 Å². The number of tetrazole rings is 1. The van der Waals surface area contributed by atoms with Crippen molar-refractivity contribution < 1.29 is 8.42 Å². The van der Waals surface area contributed by atoms with E-state index in [9.17, 15) is 8.42 Å². The number of nitrogens with two attached hydrogens (primary N) is 1. The molecule has 0 saturated heterocycles. The van der Waals surface area contributed by atoms with Crippen LogP contribution in [0.5, 0.6) is 0 Å². The molecule has 0 aromatic carbocycles. The van der Waals surface area contributed by atoms with Crippen LogP contribution in [0.2, 0.25) is 0 Å². The third-order valence-electron chi connectivity index (χ3n) is 1.62.